The Balaban J connectivity index is 4.33. The third-order valence-corrected chi connectivity index (χ3v) is 8.17. The van der Waals surface area contributed by atoms with E-state index < -0.39 is 11.9 Å². The number of carbonyl (C=O) groups excluding carboxylic acids is 2. The number of hydrogen-bond acceptors (Lipinski definition) is 7. The first-order valence-electron chi connectivity index (χ1n) is 19.0. The fourth-order valence-electron chi connectivity index (χ4n) is 5.28. The lowest BCUT2D eigenvalue weighted by Gasteiger charge is -2.26. The number of alkyl carbamates (subject to hydrolysis) is 1. The Morgan fingerprint density at radius 3 is 1.35 bits per heavy atom. The van der Waals surface area contributed by atoms with Gasteiger partial charge in [0.15, 0.2) is 5.79 Å². The Kier molecular flexibility index (Phi) is 30.9. The molecule has 0 fully saturated rings. The molecule has 0 rings (SSSR count). The number of unbranched alkanes of at least 4 members (excludes halogenated alkanes) is 18. The second-order valence-electron chi connectivity index (χ2n) is 13.4. The number of rotatable bonds is 33. The van der Waals surface area contributed by atoms with Crippen LogP contribution in [0.15, 0.2) is 0 Å². The molecule has 0 saturated heterocycles. The minimum atomic E-state index is -0.886. The summed E-state index contributed by atoms with van der Waals surface area (Å²) in [6, 6.07) is 0. The summed E-state index contributed by atoms with van der Waals surface area (Å²) in [5.41, 5.74) is 0. The van der Waals surface area contributed by atoms with Gasteiger partial charge < -0.3 is 34.1 Å². The fourth-order valence-corrected chi connectivity index (χ4v) is 5.28. The Labute approximate surface area is 284 Å². The van der Waals surface area contributed by atoms with Gasteiger partial charge in [-0.2, -0.15) is 0 Å². The number of hydrogen-bond donors (Lipinski definition) is 1. The van der Waals surface area contributed by atoms with Gasteiger partial charge in [0.25, 0.3) is 0 Å². The van der Waals surface area contributed by atoms with Crippen molar-refractivity contribution in [2.75, 3.05) is 66.7 Å². The second kappa shape index (κ2) is 32.0. The third kappa shape index (κ3) is 31.0. The van der Waals surface area contributed by atoms with Crippen LogP contribution >= 0.6 is 0 Å². The summed E-state index contributed by atoms with van der Waals surface area (Å²) in [5.74, 6) is -0.886. The van der Waals surface area contributed by atoms with E-state index >= 15 is 0 Å². The maximum absolute atomic E-state index is 13.0. The van der Waals surface area contributed by atoms with Gasteiger partial charge in [-0.25, -0.2) is 9.59 Å². The molecule has 0 saturated carbocycles. The van der Waals surface area contributed by atoms with Crippen molar-refractivity contribution in [1.29, 1.82) is 0 Å². The Morgan fingerprint density at radius 2 is 0.935 bits per heavy atom. The topological polar surface area (TPSA) is 89.6 Å². The SMILES string of the molecule is CCCCCCCCCCCCN(CCCCCCCCCCCC)C(=O)OCCOC(C)(C)OCCOC(=O)NCCN(C)C. The minimum absolute atomic E-state index is 0.127. The first kappa shape index (κ1) is 44.4. The van der Waals surface area contributed by atoms with Gasteiger partial charge >= 0.3 is 12.2 Å². The van der Waals surface area contributed by atoms with Crippen LogP contribution in [0.2, 0.25) is 0 Å². The molecule has 9 nitrogen and oxygen atoms in total. The van der Waals surface area contributed by atoms with E-state index in [2.05, 4.69) is 19.2 Å². The van der Waals surface area contributed by atoms with Gasteiger partial charge in [-0.05, 0) is 40.8 Å². The molecule has 0 atom stereocenters. The van der Waals surface area contributed by atoms with E-state index in [1.165, 1.54) is 103 Å². The highest BCUT2D eigenvalue weighted by atomic mass is 16.7. The van der Waals surface area contributed by atoms with Crippen molar-refractivity contribution >= 4 is 12.2 Å². The number of ether oxygens (including phenoxy) is 4. The molecule has 0 spiro atoms. The van der Waals surface area contributed by atoms with Crippen molar-refractivity contribution in [1.82, 2.24) is 15.1 Å². The van der Waals surface area contributed by atoms with Gasteiger partial charge in [-0.1, -0.05) is 129 Å². The second-order valence-corrected chi connectivity index (χ2v) is 13.4. The van der Waals surface area contributed by atoms with E-state index in [0.717, 1.165) is 45.3 Å². The van der Waals surface area contributed by atoms with Crippen LogP contribution in [-0.4, -0.2) is 94.5 Å². The molecule has 0 radical (unpaired) electrons. The predicted molar refractivity (Wildman–Crippen MR) is 190 cm³/mol. The minimum Gasteiger partial charge on any atom is -0.447 e. The first-order valence-corrected chi connectivity index (χ1v) is 19.0. The fraction of sp³-hybridized carbons (Fsp3) is 0.946. The molecular formula is C37H75N3O6. The van der Waals surface area contributed by atoms with Crippen LogP contribution in [0.3, 0.4) is 0 Å². The van der Waals surface area contributed by atoms with Crippen molar-refractivity contribution in [2.45, 2.75) is 162 Å². The van der Waals surface area contributed by atoms with Crippen molar-refractivity contribution in [2.24, 2.45) is 0 Å². The summed E-state index contributed by atoms with van der Waals surface area (Å²) in [7, 11) is 3.89. The maximum atomic E-state index is 13.0. The molecule has 2 amide bonds. The quantitative estimate of drug-likeness (QED) is 0.0556. The predicted octanol–water partition coefficient (Wildman–Crippen LogP) is 9.32. The van der Waals surface area contributed by atoms with Crippen molar-refractivity contribution in [3.05, 3.63) is 0 Å². The first-order chi connectivity index (χ1) is 22.2. The van der Waals surface area contributed by atoms with E-state index in [1.54, 1.807) is 13.8 Å². The van der Waals surface area contributed by atoms with Gasteiger partial charge in [-0.15, -0.1) is 0 Å². The van der Waals surface area contributed by atoms with Gasteiger partial charge in [0, 0.05) is 26.2 Å². The Hall–Kier alpha value is -1.58. The van der Waals surface area contributed by atoms with E-state index in [1.807, 2.05) is 23.9 Å². The summed E-state index contributed by atoms with van der Waals surface area (Å²) in [6.45, 7) is 11.6. The lowest BCUT2D eigenvalue weighted by atomic mass is 10.1. The molecule has 1 N–H and O–H groups in total. The summed E-state index contributed by atoms with van der Waals surface area (Å²) in [4.78, 5) is 28.6. The van der Waals surface area contributed by atoms with Gasteiger partial charge in [0.1, 0.15) is 13.2 Å². The Morgan fingerprint density at radius 1 is 0.543 bits per heavy atom. The van der Waals surface area contributed by atoms with Crippen LogP contribution in [-0.2, 0) is 18.9 Å². The van der Waals surface area contributed by atoms with E-state index in [4.69, 9.17) is 18.9 Å². The zero-order valence-corrected chi connectivity index (χ0v) is 31.1. The van der Waals surface area contributed by atoms with Crippen LogP contribution in [0.4, 0.5) is 9.59 Å². The molecule has 0 aromatic heterocycles. The maximum Gasteiger partial charge on any atom is 0.409 e. The summed E-state index contributed by atoms with van der Waals surface area (Å²) < 4.78 is 22.3. The van der Waals surface area contributed by atoms with Crippen LogP contribution in [0.5, 0.6) is 0 Å². The van der Waals surface area contributed by atoms with Crippen molar-refractivity contribution in [3.8, 4) is 0 Å². The highest BCUT2D eigenvalue weighted by molar-refractivity contribution is 5.67. The molecule has 46 heavy (non-hydrogen) atoms. The molecule has 0 unspecified atom stereocenters. The molecular weight excluding hydrogens is 582 g/mol. The van der Waals surface area contributed by atoms with Gasteiger partial charge in [0.2, 0.25) is 0 Å². The molecule has 0 aliphatic rings. The number of nitrogens with one attached hydrogen (secondary N) is 1. The van der Waals surface area contributed by atoms with Crippen LogP contribution < -0.4 is 5.32 Å². The Bertz CT molecular complexity index is 668. The molecule has 0 aliphatic heterocycles. The number of nitrogens with zero attached hydrogens (tertiary/aromatic N) is 2. The largest absolute Gasteiger partial charge is 0.447 e. The van der Waals surface area contributed by atoms with Gasteiger partial charge in [-0.3, -0.25) is 0 Å². The standard InChI is InChI=1S/C37H75N3O6/c1-7-9-11-13-15-17-19-21-23-25-28-40(29-26-24-22-20-18-16-14-12-10-8-2)36(42)44-32-34-46-37(3,4)45-33-31-43-35(41)38-27-30-39(5)6/h7-34H2,1-6H3,(H,38,41). The number of likely N-dealkylation sites (N-methyl/N-ethyl adjacent to an activating group) is 1. The molecule has 9 heteroatoms. The van der Waals surface area contributed by atoms with Crippen molar-refractivity contribution < 1.29 is 28.5 Å². The highest BCUT2D eigenvalue weighted by Crippen LogP contribution is 2.14. The van der Waals surface area contributed by atoms with Crippen LogP contribution in [0, 0.1) is 0 Å². The van der Waals surface area contributed by atoms with Crippen LogP contribution in [0.25, 0.3) is 0 Å². The van der Waals surface area contributed by atoms with Crippen LogP contribution in [0.1, 0.15) is 156 Å². The number of carbonyl (C=O) groups is 2. The lowest BCUT2D eigenvalue weighted by Crippen LogP contribution is -2.36. The zero-order valence-electron chi connectivity index (χ0n) is 31.1. The monoisotopic (exact) mass is 658 g/mol. The molecule has 0 aromatic rings. The molecule has 0 heterocycles. The summed E-state index contributed by atoms with van der Waals surface area (Å²) >= 11 is 0. The van der Waals surface area contributed by atoms with Crippen molar-refractivity contribution in [3.63, 3.8) is 0 Å². The molecule has 0 aliphatic carbocycles. The smallest absolute Gasteiger partial charge is 0.409 e. The number of amides is 2. The average molecular weight is 658 g/mol. The highest BCUT2D eigenvalue weighted by Gasteiger charge is 2.20. The zero-order chi connectivity index (χ0) is 34.1. The van der Waals surface area contributed by atoms with E-state index in [0.29, 0.717) is 6.54 Å². The third-order valence-electron chi connectivity index (χ3n) is 8.17. The van der Waals surface area contributed by atoms with E-state index in [9.17, 15) is 9.59 Å². The average Bonchev–Trinajstić information content (AvgIpc) is 3.02. The molecule has 274 valence electrons. The summed E-state index contributed by atoms with van der Waals surface area (Å²) in [5, 5.41) is 2.69. The molecule has 0 bridgehead atoms. The normalized spacial score (nSPS) is 11.6. The summed E-state index contributed by atoms with van der Waals surface area (Å²) in [6.07, 6.45) is 24.9. The lowest BCUT2D eigenvalue weighted by molar-refractivity contribution is -0.220. The molecule has 0 aromatic carbocycles. The van der Waals surface area contributed by atoms with E-state index in [-0.39, 0.29) is 32.5 Å². The van der Waals surface area contributed by atoms with Gasteiger partial charge in [0.05, 0.1) is 13.2 Å².